The summed E-state index contributed by atoms with van der Waals surface area (Å²) in [5.74, 6) is 0. The minimum atomic E-state index is -0.0769. The topological polar surface area (TPSA) is 3.24 Å². The number of aryl methyl sites for hydroxylation is 1. The molecular formula is C43H48BN. The van der Waals surface area contributed by atoms with Gasteiger partial charge in [-0.25, -0.2) is 0 Å². The smallest absolute Gasteiger partial charge is 0.247 e. The first-order chi connectivity index (χ1) is 21.1. The molecular weight excluding hydrogens is 541 g/mol. The third-order valence-corrected chi connectivity index (χ3v) is 12.6. The Morgan fingerprint density at radius 2 is 1.29 bits per heavy atom. The molecule has 9 rings (SSSR count). The number of hydrogen-bond donors (Lipinski definition) is 0. The maximum atomic E-state index is 2.74. The Morgan fingerprint density at radius 1 is 0.622 bits per heavy atom. The molecule has 3 aliphatic carbocycles. The highest BCUT2D eigenvalue weighted by Gasteiger charge is 2.63. The Morgan fingerprint density at radius 3 is 1.93 bits per heavy atom. The fourth-order valence-corrected chi connectivity index (χ4v) is 9.73. The molecule has 1 nitrogen and oxygen atoms in total. The maximum absolute atomic E-state index is 2.74. The molecule has 2 fully saturated rings. The van der Waals surface area contributed by atoms with Crippen molar-refractivity contribution in [1.29, 1.82) is 0 Å². The number of benzene rings is 4. The van der Waals surface area contributed by atoms with E-state index in [1.54, 1.807) is 11.1 Å². The fourth-order valence-electron chi connectivity index (χ4n) is 9.73. The van der Waals surface area contributed by atoms with Gasteiger partial charge in [-0.1, -0.05) is 103 Å². The molecule has 2 heteroatoms. The van der Waals surface area contributed by atoms with E-state index in [9.17, 15) is 0 Å². The molecule has 0 unspecified atom stereocenters. The number of fused-ring (bicyclic) bond motifs is 7. The van der Waals surface area contributed by atoms with E-state index < -0.39 is 0 Å². The average Bonchev–Trinajstić information content (AvgIpc) is 3.89. The molecule has 0 radical (unpaired) electrons. The number of hydrogen-bond acceptors (Lipinski definition) is 1. The van der Waals surface area contributed by atoms with Crippen LogP contribution < -0.4 is 21.3 Å². The standard InChI is InChI=1S/C43H48BN/c1-26-19-28(40(5,6)7)21-29(20-26)45-36-12-10-11-31-38(36)44(34-22-27(39(2,3)4)13-14-30(34)41(31,8)9)35-23-32-33(24-37(35)45)43(17-18-43)25-42(32)15-16-42/h10-14,19-24H,15-18,25H2,1-9H3. The molecule has 0 N–H and O–H groups in total. The van der Waals surface area contributed by atoms with Gasteiger partial charge in [0.1, 0.15) is 0 Å². The van der Waals surface area contributed by atoms with E-state index in [0.29, 0.717) is 10.8 Å². The van der Waals surface area contributed by atoms with Gasteiger partial charge in [-0.2, -0.15) is 0 Å². The van der Waals surface area contributed by atoms with Crippen molar-refractivity contribution >= 4 is 40.2 Å². The Bertz CT molecular complexity index is 1950. The highest BCUT2D eigenvalue weighted by molar-refractivity contribution is 6.99. The van der Waals surface area contributed by atoms with Crippen LogP contribution in [0.1, 0.15) is 126 Å². The molecule has 2 heterocycles. The summed E-state index contributed by atoms with van der Waals surface area (Å²) in [5.41, 5.74) is 20.2. The monoisotopic (exact) mass is 589 g/mol. The SMILES string of the molecule is Cc1cc(N2c3cc4c(cc3B3c5cc(C(C)(C)C)ccc5C(C)(C)c5cccc2c53)C2(CC2)CC42CC2)cc(C(C)(C)C)c1. The molecule has 2 aliphatic heterocycles. The molecule has 0 amide bonds. The van der Waals surface area contributed by atoms with Crippen LogP contribution in [0, 0.1) is 6.92 Å². The van der Waals surface area contributed by atoms with Gasteiger partial charge in [0.15, 0.2) is 0 Å². The van der Waals surface area contributed by atoms with Crippen molar-refractivity contribution in [3.8, 4) is 0 Å². The van der Waals surface area contributed by atoms with Crippen molar-refractivity contribution in [2.75, 3.05) is 4.90 Å². The van der Waals surface area contributed by atoms with Crippen LogP contribution in [0.25, 0.3) is 0 Å². The van der Waals surface area contributed by atoms with Crippen LogP contribution in [-0.4, -0.2) is 6.71 Å². The summed E-state index contributed by atoms with van der Waals surface area (Å²) in [6, 6.07) is 27.4. The molecule has 2 saturated carbocycles. The zero-order valence-electron chi connectivity index (χ0n) is 28.9. The first kappa shape index (κ1) is 28.0. The molecule has 0 atom stereocenters. The lowest BCUT2D eigenvalue weighted by Gasteiger charge is -2.46. The van der Waals surface area contributed by atoms with Crippen molar-refractivity contribution < 1.29 is 0 Å². The second-order valence-corrected chi connectivity index (χ2v) is 18.2. The maximum Gasteiger partial charge on any atom is 0.247 e. The number of rotatable bonds is 1. The van der Waals surface area contributed by atoms with Gasteiger partial charge in [0.05, 0.1) is 0 Å². The first-order valence-corrected chi connectivity index (χ1v) is 17.5. The van der Waals surface area contributed by atoms with E-state index in [0.717, 1.165) is 0 Å². The van der Waals surface area contributed by atoms with Gasteiger partial charge in [0, 0.05) is 22.5 Å². The van der Waals surface area contributed by atoms with Gasteiger partial charge in [-0.3, -0.25) is 0 Å². The van der Waals surface area contributed by atoms with E-state index in [1.165, 1.54) is 93.4 Å². The number of nitrogens with zero attached hydrogens (tertiary/aromatic N) is 1. The summed E-state index contributed by atoms with van der Waals surface area (Å²) in [6.07, 6.45) is 6.88. The predicted molar refractivity (Wildman–Crippen MR) is 193 cm³/mol. The molecule has 0 saturated heterocycles. The Hall–Kier alpha value is -3.26. The van der Waals surface area contributed by atoms with Gasteiger partial charge in [-0.15, -0.1) is 0 Å². The average molecular weight is 590 g/mol. The van der Waals surface area contributed by atoms with Crippen molar-refractivity contribution in [3.05, 3.63) is 106 Å². The van der Waals surface area contributed by atoms with E-state index in [1.807, 2.05) is 0 Å². The summed E-state index contributed by atoms with van der Waals surface area (Å²) < 4.78 is 0. The first-order valence-electron chi connectivity index (χ1n) is 17.5. The fraction of sp³-hybridized carbons (Fsp3) is 0.442. The van der Waals surface area contributed by atoms with Crippen LogP contribution in [-0.2, 0) is 27.1 Å². The van der Waals surface area contributed by atoms with Crippen LogP contribution in [0.3, 0.4) is 0 Å². The number of anilines is 3. The highest BCUT2D eigenvalue weighted by Crippen LogP contribution is 2.70. The third kappa shape index (κ3) is 3.75. The van der Waals surface area contributed by atoms with Crippen LogP contribution in [0.15, 0.2) is 66.7 Å². The normalized spacial score (nSPS) is 20.6. The van der Waals surface area contributed by atoms with Gasteiger partial charge in [-0.05, 0) is 135 Å². The summed E-state index contributed by atoms with van der Waals surface area (Å²) in [5, 5.41) is 0. The molecule has 0 aromatic heterocycles. The van der Waals surface area contributed by atoms with Gasteiger partial charge in [0.25, 0.3) is 0 Å². The van der Waals surface area contributed by atoms with Crippen molar-refractivity contribution in [1.82, 2.24) is 0 Å². The van der Waals surface area contributed by atoms with Crippen molar-refractivity contribution in [2.45, 2.75) is 121 Å². The summed E-state index contributed by atoms with van der Waals surface area (Å²) in [7, 11) is 0. The van der Waals surface area contributed by atoms with E-state index in [2.05, 4.69) is 134 Å². The Balaban J connectivity index is 1.39. The summed E-state index contributed by atoms with van der Waals surface area (Å²) in [6.45, 7) is 21.6. The summed E-state index contributed by atoms with van der Waals surface area (Å²) >= 11 is 0. The lowest BCUT2D eigenvalue weighted by atomic mass is 9.30. The van der Waals surface area contributed by atoms with E-state index in [-0.39, 0.29) is 23.0 Å². The lowest BCUT2D eigenvalue weighted by molar-refractivity contribution is 0.573. The van der Waals surface area contributed by atoms with Crippen LogP contribution in [0.4, 0.5) is 17.1 Å². The highest BCUT2D eigenvalue weighted by atomic mass is 15.2. The molecule has 5 aliphatic rings. The molecule has 2 spiro atoms. The van der Waals surface area contributed by atoms with E-state index in [4.69, 9.17) is 0 Å². The van der Waals surface area contributed by atoms with Gasteiger partial charge in [0.2, 0.25) is 6.71 Å². The van der Waals surface area contributed by atoms with Crippen LogP contribution in [0.2, 0.25) is 0 Å². The molecule has 4 aromatic rings. The van der Waals surface area contributed by atoms with Crippen LogP contribution in [0.5, 0.6) is 0 Å². The van der Waals surface area contributed by atoms with Gasteiger partial charge < -0.3 is 4.90 Å². The second kappa shape index (κ2) is 8.36. The van der Waals surface area contributed by atoms with Crippen molar-refractivity contribution in [2.24, 2.45) is 0 Å². The van der Waals surface area contributed by atoms with Gasteiger partial charge >= 0.3 is 0 Å². The molecule has 0 bridgehead atoms. The molecule has 228 valence electrons. The quantitative estimate of drug-likeness (QED) is 0.176. The molecule has 4 aromatic carbocycles. The Labute approximate surface area is 271 Å². The van der Waals surface area contributed by atoms with Crippen molar-refractivity contribution in [3.63, 3.8) is 0 Å². The predicted octanol–water partition coefficient (Wildman–Crippen LogP) is 9.00. The lowest BCUT2D eigenvalue weighted by Crippen LogP contribution is -2.64. The molecule has 45 heavy (non-hydrogen) atoms. The minimum absolute atomic E-state index is 0.0769. The zero-order chi connectivity index (χ0) is 31.5. The largest absolute Gasteiger partial charge is 0.311 e. The summed E-state index contributed by atoms with van der Waals surface area (Å²) in [4.78, 5) is 2.68. The third-order valence-electron chi connectivity index (χ3n) is 12.6. The zero-order valence-corrected chi connectivity index (χ0v) is 28.9. The van der Waals surface area contributed by atoms with E-state index >= 15 is 0 Å². The van der Waals surface area contributed by atoms with Crippen LogP contribution >= 0.6 is 0 Å². The Kier molecular flexibility index (Phi) is 5.20. The minimum Gasteiger partial charge on any atom is -0.311 e. The second-order valence-electron chi connectivity index (χ2n) is 18.2.